The second kappa shape index (κ2) is 13.1. The first-order chi connectivity index (χ1) is 18.6. The number of amides is 2. The van der Waals surface area contributed by atoms with Gasteiger partial charge in [0, 0.05) is 13.6 Å². The van der Waals surface area contributed by atoms with Crippen LogP contribution in [0.3, 0.4) is 0 Å². The van der Waals surface area contributed by atoms with Crippen molar-refractivity contribution in [1.29, 1.82) is 0 Å². The van der Waals surface area contributed by atoms with Crippen molar-refractivity contribution >= 4 is 27.5 Å². The molecule has 0 heterocycles. The molecule has 2 amide bonds. The van der Waals surface area contributed by atoms with E-state index in [4.69, 9.17) is 9.47 Å². The number of nitrogens with zero attached hydrogens (tertiary/aromatic N) is 2. The molecule has 9 nitrogen and oxygen atoms in total. The number of anilines is 1. The summed E-state index contributed by atoms with van der Waals surface area (Å²) in [6.07, 6.45) is 0. The molecular weight excluding hydrogens is 525 g/mol. The van der Waals surface area contributed by atoms with Gasteiger partial charge < -0.3 is 19.7 Å². The summed E-state index contributed by atoms with van der Waals surface area (Å²) in [5.41, 5.74) is 0.887. The Labute approximate surface area is 228 Å². The van der Waals surface area contributed by atoms with Crippen LogP contribution in [0.15, 0.2) is 77.7 Å². The van der Waals surface area contributed by atoms with Gasteiger partial charge in [-0.25, -0.2) is 12.8 Å². The summed E-state index contributed by atoms with van der Waals surface area (Å²) in [6.45, 7) is 3.22. The van der Waals surface area contributed by atoms with E-state index in [1.165, 1.54) is 31.2 Å². The number of sulfonamides is 1. The molecule has 0 spiro atoms. The van der Waals surface area contributed by atoms with Crippen molar-refractivity contribution in [3.05, 3.63) is 84.2 Å². The number of nitrogens with one attached hydrogen (secondary N) is 1. The molecule has 0 aliphatic rings. The van der Waals surface area contributed by atoms with Crippen molar-refractivity contribution in [2.45, 2.75) is 31.3 Å². The zero-order chi connectivity index (χ0) is 28.6. The minimum atomic E-state index is -4.30. The number of carbonyl (C=O) groups excluding carboxylic acids is 2. The van der Waals surface area contributed by atoms with E-state index < -0.39 is 40.2 Å². The molecule has 0 aliphatic heterocycles. The summed E-state index contributed by atoms with van der Waals surface area (Å²) >= 11 is 0. The topological polar surface area (TPSA) is 105 Å². The Bertz CT molecular complexity index is 1380. The van der Waals surface area contributed by atoms with E-state index in [1.54, 1.807) is 43.3 Å². The molecule has 11 heteroatoms. The Hall–Kier alpha value is -4.12. The fourth-order valence-electron chi connectivity index (χ4n) is 3.90. The standard InChI is InChI=1S/C28H32FN3O6S/c1-5-38-24-13-11-23(12-14-24)32(39(35,36)26-15-9-22(29)10-16-26)19-27(33)31(20(2)28(34)30-3)18-21-7-6-8-25(17-21)37-4/h6-17,20H,5,18-19H2,1-4H3,(H,30,34)/t20-/m1/s1. The van der Waals surface area contributed by atoms with Crippen LogP contribution in [0.2, 0.25) is 0 Å². The highest BCUT2D eigenvalue weighted by Gasteiger charge is 2.32. The lowest BCUT2D eigenvalue weighted by molar-refractivity contribution is -0.139. The Kier molecular flexibility index (Phi) is 9.89. The quantitative estimate of drug-likeness (QED) is 0.365. The number of ether oxygens (including phenoxy) is 2. The first-order valence-electron chi connectivity index (χ1n) is 12.3. The summed E-state index contributed by atoms with van der Waals surface area (Å²) in [5.74, 6) is -0.530. The highest BCUT2D eigenvalue weighted by molar-refractivity contribution is 7.92. The van der Waals surface area contributed by atoms with E-state index in [1.807, 2.05) is 6.92 Å². The summed E-state index contributed by atoms with van der Waals surface area (Å²) in [4.78, 5) is 27.4. The zero-order valence-electron chi connectivity index (χ0n) is 22.3. The summed E-state index contributed by atoms with van der Waals surface area (Å²) < 4.78 is 52.7. The number of hydrogen-bond donors (Lipinski definition) is 1. The molecule has 3 rings (SSSR count). The molecule has 0 fully saturated rings. The van der Waals surface area contributed by atoms with Crippen molar-refractivity contribution in [2.24, 2.45) is 0 Å². The third-order valence-electron chi connectivity index (χ3n) is 6.02. The largest absolute Gasteiger partial charge is 0.497 e. The van der Waals surface area contributed by atoms with Crippen LogP contribution < -0.4 is 19.1 Å². The molecule has 1 N–H and O–H groups in total. The molecule has 0 unspecified atom stereocenters. The van der Waals surface area contributed by atoms with E-state index in [9.17, 15) is 22.4 Å². The van der Waals surface area contributed by atoms with Crippen molar-refractivity contribution < 1.29 is 31.9 Å². The van der Waals surface area contributed by atoms with Gasteiger partial charge in [0.1, 0.15) is 29.9 Å². The van der Waals surface area contributed by atoms with Crippen LogP contribution in [-0.2, 0) is 26.2 Å². The number of halogens is 1. The predicted octanol–water partition coefficient (Wildman–Crippen LogP) is 3.59. The van der Waals surface area contributed by atoms with Gasteiger partial charge in [-0.05, 0) is 80.1 Å². The molecule has 0 aromatic heterocycles. The van der Waals surface area contributed by atoms with Gasteiger partial charge >= 0.3 is 0 Å². The van der Waals surface area contributed by atoms with Crippen molar-refractivity contribution in [2.75, 3.05) is 31.6 Å². The SMILES string of the molecule is CCOc1ccc(N(CC(=O)N(Cc2cccc(OC)c2)[C@H](C)C(=O)NC)S(=O)(=O)c2ccc(F)cc2)cc1. The van der Waals surface area contributed by atoms with Crippen LogP contribution in [0.5, 0.6) is 11.5 Å². The van der Waals surface area contributed by atoms with Crippen molar-refractivity contribution in [3.8, 4) is 11.5 Å². The smallest absolute Gasteiger partial charge is 0.264 e. The lowest BCUT2D eigenvalue weighted by Crippen LogP contribution is -2.50. The molecular formula is C28H32FN3O6S. The summed E-state index contributed by atoms with van der Waals surface area (Å²) in [6, 6.07) is 16.7. The second-order valence-corrected chi connectivity index (χ2v) is 10.4. The molecule has 0 radical (unpaired) electrons. The van der Waals surface area contributed by atoms with Crippen molar-refractivity contribution in [3.63, 3.8) is 0 Å². The monoisotopic (exact) mass is 557 g/mol. The summed E-state index contributed by atoms with van der Waals surface area (Å²) in [7, 11) is -1.33. The average Bonchev–Trinajstić information content (AvgIpc) is 2.94. The molecule has 3 aromatic rings. The lowest BCUT2D eigenvalue weighted by atomic mass is 10.1. The van der Waals surface area contributed by atoms with Crippen LogP contribution >= 0.6 is 0 Å². The average molecular weight is 558 g/mol. The molecule has 0 saturated heterocycles. The maximum Gasteiger partial charge on any atom is 0.264 e. The van der Waals surface area contributed by atoms with E-state index in [0.717, 1.165) is 28.6 Å². The first-order valence-corrected chi connectivity index (χ1v) is 13.7. The van der Waals surface area contributed by atoms with Crippen LogP contribution in [-0.4, -0.2) is 58.5 Å². The van der Waals surface area contributed by atoms with E-state index >= 15 is 0 Å². The Morgan fingerprint density at radius 3 is 2.26 bits per heavy atom. The van der Waals surface area contributed by atoms with Gasteiger partial charge in [-0.3, -0.25) is 13.9 Å². The van der Waals surface area contributed by atoms with Gasteiger partial charge in [0.15, 0.2) is 0 Å². The Morgan fingerprint density at radius 2 is 1.67 bits per heavy atom. The van der Waals surface area contributed by atoms with E-state index in [0.29, 0.717) is 23.7 Å². The third-order valence-corrected chi connectivity index (χ3v) is 7.81. The van der Waals surface area contributed by atoms with Gasteiger partial charge in [-0.15, -0.1) is 0 Å². The lowest BCUT2D eigenvalue weighted by Gasteiger charge is -2.31. The first kappa shape index (κ1) is 29.4. The molecule has 208 valence electrons. The van der Waals surface area contributed by atoms with Gasteiger partial charge in [-0.2, -0.15) is 0 Å². The fraction of sp³-hybridized carbons (Fsp3) is 0.286. The second-order valence-electron chi connectivity index (χ2n) is 8.56. The molecule has 39 heavy (non-hydrogen) atoms. The van der Waals surface area contributed by atoms with Gasteiger partial charge in [-0.1, -0.05) is 12.1 Å². The van der Waals surface area contributed by atoms with Gasteiger partial charge in [0.2, 0.25) is 11.8 Å². The Balaban J connectivity index is 2.03. The molecule has 1 atom stereocenters. The number of rotatable bonds is 12. The minimum Gasteiger partial charge on any atom is -0.497 e. The van der Waals surface area contributed by atoms with Crippen LogP contribution in [0.1, 0.15) is 19.4 Å². The maximum atomic E-state index is 13.8. The number of methoxy groups -OCH3 is 1. The summed E-state index contributed by atoms with van der Waals surface area (Å²) in [5, 5.41) is 2.53. The minimum absolute atomic E-state index is 0.0261. The number of carbonyl (C=O) groups is 2. The van der Waals surface area contributed by atoms with Crippen LogP contribution in [0.25, 0.3) is 0 Å². The van der Waals surface area contributed by atoms with E-state index in [-0.39, 0.29) is 17.1 Å². The number of benzene rings is 3. The zero-order valence-corrected chi connectivity index (χ0v) is 23.1. The van der Waals surface area contributed by atoms with Crippen LogP contribution in [0.4, 0.5) is 10.1 Å². The Morgan fingerprint density at radius 1 is 1.00 bits per heavy atom. The normalized spacial score (nSPS) is 11.8. The third kappa shape index (κ3) is 7.26. The van der Waals surface area contributed by atoms with Gasteiger partial charge in [0.05, 0.1) is 24.3 Å². The fourth-order valence-corrected chi connectivity index (χ4v) is 5.31. The maximum absolute atomic E-state index is 13.8. The predicted molar refractivity (Wildman–Crippen MR) is 146 cm³/mol. The van der Waals surface area contributed by atoms with E-state index in [2.05, 4.69) is 5.32 Å². The van der Waals surface area contributed by atoms with Crippen LogP contribution in [0, 0.1) is 5.82 Å². The van der Waals surface area contributed by atoms with Gasteiger partial charge in [0.25, 0.3) is 10.0 Å². The molecule has 3 aromatic carbocycles. The molecule has 0 saturated carbocycles. The number of hydrogen-bond acceptors (Lipinski definition) is 6. The number of likely N-dealkylation sites (N-methyl/N-ethyl adjacent to an activating group) is 1. The highest BCUT2D eigenvalue weighted by Crippen LogP contribution is 2.27. The molecule has 0 aliphatic carbocycles. The highest BCUT2D eigenvalue weighted by atomic mass is 32.2. The van der Waals surface area contributed by atoms with Crippen molar-refractivity contribution in [1.82, 2.24) is 10.2 Å². The molecule has 0 bridgehead atoms.